The van der Waals surface area contributed by atoms with Gasteiger partial charge in [-0.1, -0.05) is 0 Å². The molecule has 0 unspecified atom stereocenters. The van der Waals surface area contributed by atoms with Crippen molar-refractivity contribution in [2.45, 2.75) is 26.8 Å². The van der Waals surface area contributed by atoms with Crippen LogP contribution in [0.2, 0.25) is 0 Å². The van der Waals surface area contributed by atoms with E-state index >= 15 is 0 Å². The van der Waals surface area contributed by atoms with Gasteiger partial charge in [0.2, 0.25) is 0 Å². The van der Waals surface area contributed by atoms with E-state index in [1.165, 1.54) is 6.20 Å². The summed E-state index contributed by atoms with van der Waals surface area (Å²) in [5.41, 5.74) is 0.156. The van der Waals surface area contributed by atoms with E-state index in [-0.39, 0.29) is 11.7 Å². The minimum Gasteiger partial charge on any atom is -0.477 e. The number of ether oxygens (including phenoxy) is 1. The molecule has 5 nitrogen and oxygen atoms in total. The van der Waals surface area contributed by atoms with Crippen molar-refractivity contribution in [3.05, 3.63) is 11.9 Å². The van der Waals surface area contributed by atoms with E-state index < -0.39 is 5.97 Å². The van der Waals surface area contributed by atoms with Crippen LogP contribution < -0.4 is 4.74 Å². The molecule has 0 atom stereocenters. The highest BCUT2D eigenvalue weighted by molar-refractivity contribution is 5.85. The molecule has 5 heteroatoms. The zero-order valence-electron chi connectivity index (χ0n) is 8.52. The Morgan fingerprint density at radius 1 is 1.71 bits per heavy atom. The Morgan fingerprint density at radius 3 is 2.79 bits per heavy atom. The van der Waals surface area contributed by atoms with Crippen molar-refractivity contribution in [2.24, 2.45) is 0 Å². The average molecular weight is 198 g/mol. The van der Waals surface area contributed by atoms with Crippen LogP contribution in [-0.4, -0.2) is 27.2 Å². The third kappa shape index (κ3) is 1.86. The first-order valence-corrected chi connectivity index (χ1v) is 4.51. The number of carboxylic acid groups (broad SMARTS) is 1. The predicted octanol–water partition coefficient (Wildman–Crippen LogP) is 1.56. The zero-order valence-corrected chi connectivity index (χ0v) is 8.52. The Bertz CT molecular complexity index is 331. The number of nitrogens with zero attached hydrogens (tertiary/aromatic N) is 2. The van der Waals surface area contributed by atoms with Crippen molar-refractivity contribution < 1.29 is 14.6 Å². The highest BCUT2D eigenvalue weighted by Crippen LogP contribution is 2.19. The van der Waals surface area contributed by atoms with Gasteiger partial charge in [0.1, 0.15) is 5.69 Å². The van der Waals surface area contributed by atoms with Crippen molar-refractivity contribution in [2.75, 3.05) is 6.61 Å². The largest absolute Gasteiger partial charge is 0.477 e. The maximum absolute atomic E-state index is 10.8. The number of carboxylic acids is 1. The van der Waals surface area contributed by atoms with Crippen molar-refractivity contribution in [1.29, 1.82) is 0 Å². The van der Waals surface area contributed by atoms with Crippen molar-refractivity contribution in [3.63, 3.8) is 0 Å². The molecular formula is C9H14N2O3. The molecule has 78 valence electrons. The molecule has 1 aromatic rings. The number of carbonyl (C=O) groups is 1. The van der Waals surface area contributed by atoms with Gasteiger partial charge in [0.25, 0.3) is 6.01 Å². The van der Waals surface area contributed by atoms with E-state index in [0.717, 1.165) is 0 Å². The number of hydrogen-bond acceptors (Lipinski definition) is 3. The number of aromatic nitrogens is 2. The quantitative estimate of drug-likeness (QED) is 0.797. The van der Waals surface area contributed by atoms with Crippen molar-refractivity contribution in [3.8, 4) is 6.01 Å². The molecule has 0 spiro atoms. The first-order valence-electron chi connectivity index (χ1n) is 4.51. The molecule has 0 aromatic carbocycles. The van der Waals surface area contributed by atoms with Crippen LogP contribution in [0.25, 0.3) is 0 Å². The van der Waals surface area contributed by atoms with Crippen LogP contribution in [-0.2, 0) is 0 Å². The van der Waals surface area contributed by atoms with Crippen LogP contribution >= 0.6 is 0 Å². The molecule has 14 heavy (non-hydrogen) atoms. The summed E-state index contributed by atoms with van der Waals surface area (Å²) in [4.78, 5) is 14.7. The maximum atomic E-state index is 10.8. The molecule has 0 aliphatic heterocycles. The van der Waals surface area contributed by atoms with E-state index in [1.807, 2.05) is 20.8 Å². The van der Waals surface area contributed by atoms with Crippen LogP contribution in [0.3, 0.4) is 0 Å². The fourth-order valence-electron chi connectivity index (χ4n) is 1.24. The molecular weight excluding hydrogens is 184 g/mol. The minimum atomic E-state index is -0.989. The molecule has 1 N–H and O–H groups in total. The number of imidazole rings is 1. The van der Waals surface area contributed by atoms with Gasteiger partial charge >= 0.3 is 5.97 Å². The molecule has 0 amide bonds. The zero-order chi connectivity index (χ0) is 10.7. The van der Waals surface area contributed by atoms with Gasteiger partial charge in [0.05, 0.1) is 12.8 Å². The lowest BCUT2D eigenvalue weighted by molar-refractivity contribution is 0.0681. The first-order chi connectivity index (χ1) is 6.57. The Kier molecular flexibility index (Phi) is 3.11. The summed E-state index contributed by atoms with van der Waals surface area (Å²) in [6, 6.07) is 0.380. The maximum Gasteiger partial charge on any atom is 0.354 e. The molecule has 0 radical (unpaired) electrons. The van der Waals surface area contributed by atoms with Gasteiger partial charge in [-0.15, -0.1) is 0 Å². The first kappa shape index (κ1) is 10.6. The van der Waals surface area contributed by atoms with Gasteiger partial charge < -0.3 is 9.84 Å². The lowest BCUT2D eigenvalue weighted by atomic mass is 10.3. The number of rotatable bonds is 4. The van der Waals surface area contributed by atoms with Crippen LogP contribution in [0.15, 0.2) is 6.20 Å². The van der Waals surface area contributed by atoms with Gasteiger partial charge in [-0.25, -0.2) is 9.78 Å². The summed E-state index contributed by atoms with van der Waals surface area (Å²) in [7, 11) is 0. The van der Waals surface area contributed by atoms with Crippen molar-refractivity contribution in [1.82, 2.24) is 9.55 Å². The lowest BCUT2D eigenvalue weighted by Gasteiger charge is -2.12. The summed E-state index contributed by atoms with van der Waals surface area (Å²) in [5, 5.41) is 8.88. The molecule has 0 saturated carbocycles. The molecule has 1 heterocycles. The Labute approximate surface area is 82.3 Å². The number of hydrogen-bond donors (Lipinski definition) is 1. The average Bonchev–Trinajstić information content (AvgIpc) is 2.48. The molecule has 0 aliphatic rings. The lowest BCUT2D eigenvalue weighted by Crippen LogP contribution is -2.12. The van der Waals surface area contributed by atoms with Gasteiger partial charge in [0.15, 0.2) is 0 Å². The summed E-state index contributed by atoms with van der Waals surface area (Å²) >= 11 is 0. The van der Waals surface area contributed by atoms with Crippen molar-refractivity contribution >= 4 is 5.97 Å². The Hall–Kier alpha value is -1.52. The second kappa shape index (κ2) is 4.13. The molecule has 0 bridgehead atoms. The standard InChI is InChI=1S/C9H14N2O3/c1-4-14-9-10-5-7(8(12)13)11(9)6(2)3/h5-6H,4H2,1-3H3,(H,12,13). The van der Waals surface area contributed by atoms with Crippen LogP contribution in [0.1, 0.15) is 37.3 Å². The van der Waals surface area contributed by atoms with Gasteiger partial charge in [-0.05, 0) is 20.8 Å². The van der Waals surface area contributed by atoms with Gasteiger partial charge in [0, 0.05) is 6.04 Å². The summed E-state index contributed by atoms with van der Waals surface area (Å²) in [5.74, 6) is -0.989. The molecule has 0 saturated heterocycles. The number of aromatic carboxylic acids is 1. The third-order valence-electron chi connectivity index (χ3n) is 1.77. The molecule has 1 aromatic heterocycles. The molecule has 0 aliphatic carbocycles. The molecule has 0 fully saturated rings. The second-order valence-electron chi connectivity index (χ2n) is 3.13. The van der Waals surface area contributed by atoms with Crippen LogP contribution in [0, 0.1) is 0 Å². The Balaban J connectivity index is 3.13. The van der Waals surface area contributed by atoms with E-state index in [0.29, 0.717) is 12.6 Å². The van der Waals surface area contributed by atoms with Crippen LogP contribution in [0.5, 0.6) is 6.01 Å². The smallest absolute Gasteiger partial charge is 0.354 e. The van der Waals surface area contributed by atoms with E-state index in [1.54, 1.807) is 4.57 Å². The third-order valence-corrected chi connectivity index (χ3v) is 1.77. The fraction of sp³-hybridized carbons (Fsp3) is 0.556. The van der Waals surface area contributed by atoms with Gasteiger partial charge in [-0.2, -0.15) is 0 Å². The fourth-order valence-corrected chi connectivity index (χ4v) is 1.24. The van der Waals surface area contributed by atoms with E-state index in [9.17, 15) is 4.79 Å². The minimum absolute atomic E-state index is 0.0187. The summed E-state index contributed by atoms with van der Waals surface area (Å²) < 4.78 is 6.78. The van der Waals surface area contributed by atoms with E-state index in [2.05, 4.69) is 4.98 Å². The predicted molar refractivity (Wildman–Crippen MR) is 50.7 cm³/mol. The summed E-state index contributed by atoms with van der Waals surface area (Å²) in [6.45, 7) is 6.08. The van der Waals surface area contributed by atoms with Crippen LogP contribution in [0.4, 0.5) is 0 Å². The van der Waals surface area contributed by atoms with E-state index in [4.69, 9.17) is 9.84 Å². The normalized spacial score (nSPS) is 10.6. The molecule has 1 rings (SSSR count). The highest BCUT2D eigenvalue weighted by Gasteiger charge is 2.18. The topological polar surface area (TPSA) is 64.3 Å². The SMILES string of the molecule is CCOc1ncc(C(=O)O)n1C(C)C. The highest BCUT2D eigenvalue weighted by atomic mass is 16.5. The monoisotopic (exact) mass is 198 g/mol. The Morgan fingerprint density at radius 2 is 2.36 bits per heavy atom. The van der Waals surface area contributed by atoms with Gasteiger partial charge in [-0.3, -0.25) is 4.57 Å². The second-order valence-corrected chi connectivity index (χ2v) is 3.13. The summed E-state index contributed by atoms with van der Waals surface area (Å²) in [6.07, 6.45) is 1.31.